The van der Waals surface area contributed by atoms with E-state index in [1.165, 1.54) is 12.8 Å². The van der Waals surface area contributed by atoms with E-state index in [1.54, 1.807) is 12.1 Å². The van der Waals surface area contributed by atoms with Gasteiger partial charge in [-0.3, -0.25) is 9.59 Å². The number of carbonyl (C=O) groups is 2. The third-order valence-corrected chi connectivity index (χ3v) is 6.00. The summed E-state index contributed by atoms with van der Waals surface area (Å²) in [5.74, 6) is 0.882. The average molecular weight is 408 g/mol. The van der Waals surface area contributed by atoms with Crippen LogP contribution in [0.25, 0.3) is 0 Å². The Hall–Kier alpha value is -1.59. The SMILES string of the molecule is CCC(C)C(NC(=O)c1ccccc1)C(=O)N1CCC(NCC2CC2)CC1.Cl. The highest BCUT2D eigenvalue weighted by molar-refractivity contribution is 5.97. The molecule has 0 spiro atoms. The van der Waals surface area contributed by atoms with Crippen LogP contribution >= 0.6 is 12.4 Å². The number of hydrogen-bond acceptors (Lipinski definition) is 3. The molecular weight excluding hydrogens is 374 g/mol. The van der Waals surface area contributed by atoms with Crippen molar-refractivity contribution in [3.8, 4) is 0 Å². The number of nitrogens with one attached hydrogen (secondary N) is 2. The molecule has 2 amide bonds. The van der Waals surface area contributed by atoms with Gasteiger partial charge in [-0.2, -0.15) is 0 Å². The molecule has 6 heteroatoms. The summed E-state index contributed by atoms with van der Waals surface area (Å²) >= 11 is 0. The molecule has 0 radical (unpaired) electrons. The van der Waals surface area contributed by atoms with Crippen molar-refractivity contribution in [3.05, 3.63) is 35.9 Å². The van der Waals surface area contributed by atoms with Crippen LogP contribution in [0.1, 0.15) is 56.3 Å². The number of nitrogens with zero attached hydrogens (tertiary/aromatic N) is 1. The zero-order chi connectivity index (χ0) is 19.2. The van der Waals surface area contributed by atoms with Crippen molar-refractivity contribution in [2.24, 2.45) is 11.8 Å². The number of likely N-dealkylation sites (tertiary alicyclic amines) is 1. The second kappa shape index (κ2) is 10.8. The normalized spacial score (nSPS) is 19.4. The molecule has 5 nitrogen and oxygen atoms in total. The van der Waals surface area contributed by atoms with Gasteiger partial charge >= 0.3 is 0 Å². The molecule has 156 valence electrons. The summed E-state index contributed by atoms with van der Waals surface area (Å²) in [7, 11) is 0. The Balaban J connectivity index is 0.00000280. The maximum absolute atomic E-state index is 13.1. The lowest BCUT2D eigenvalue weighted by Gasteiger charge is -2.36. The number of rotatable bonds is 8. The Labute approximate surface area is 175 Å². The van der Waals surface area contributed by atoms with E-state index in [4.69, 9.17) is 0 Å². The molecule has 2 unspecified atom stereocenters. The summed E-state index contributed by atoms with van der Waals surface area (Å²) in [6, 6.07) is 9.20. The van der Waals surface area contributed by atoms with Crippen LogP contribution in [-0.4, -0.2) is 48.4 Å². The quantitative estimate of drug-likeness (QED) is 0.695. The summed E-state index contributed by atoms with van der Waals surface area (Å²) in [5, 5.41) is 6.65. The van der Waals surface area contributed by atoms with Gasteiger partial charge < -0.3 is 15.5 Å². The number of hydrogen-bond donors (Lipinski definition) is 2. The first-order valence-electron chi connectivity index (χ1n) is 10.5. The minimum Gasteiger partial charge on any atom is -0.341 e. The maximum Gasteiger partial charge on any atom is 0.251 e. The number of halogens is 1. The first-order valence-corrected chi connectivity index (χ1v) is 10.5. The van der Waals surface area contributed by atoms with Gasteiger partial charge in [0.25, 0.3) is 5.91 Å². The van der Waals surface area contributed by atoms with E-state index in [9.17, 15) is 9.59 Å². The molecular formula is C22H34ClN3O2. The smallest absolute Gasteiger partial charge is 0.251 e. The maximum atomic E-state index is 13.1. The van der Waals surface area contributed by atoms with E-state index < -0.39 is 6.04 Å². The minimum atomic E-state index is -0.460. The molecule has 0 aromatic heterocycles. The zero-order valence-electron chi connectivity index (χ0n) is 17.0. The number of carbonyl (C=O) groups excluding carboxylic acids is 2. The largest absolute Gasteiger partial charge is 0.341 e. The summed E-state index contributed by atoms with van der Waals surface area (Å²) in [6.07, 6.45) is 5.57. The van der Waals surface area contributed by atoms with Crippen molar-refractivity contribution < 1.29 is 9.59 Å². The molecule has 1 aliphatic heterocycles. The fourth-order valence-electron chi connectivity index (χ4n) is 3.65. The highest BCUT2D eigenvalue weighted by Gasteiger charge is 2.32. The van der Waals surface area contributed by atoms with E-state index in [1.807, 2.05) is 30.0 Å². The predicted octanol–water partition coefficient (Wildman–Crippen LogP) is 3.24. The van der Waals surface area contributed by atoms with E-state index in [2.05, 4.69) is 17.6 Å². The van der Waals surface area contributed by atoms with Crippen molar-refractivity contribution in [3.63, 3.8) is 0 Å². The molecule has 1 heterocycles. The predicted molar refractivity (Wildman–Crippen MR) is 115 cm³/mol. The lowest BCUT2D eigenvalue weighted by atomic mass is 9.95. The van der Waals surface area contributed by atoms with Gasteiger partial charge in [0, 0.05) is 24.7 Å². The van der Waals surface area contributed by atoms with Crippen molar-refractivity contribution >= 4 is 24.2 Å². The van der Waals surface area contributed by atoms with Gasteiger partial charge in [-0.15, -0.1) is 12.4 Å². The fraction of sp³-hybridized carbons (Fsp3) is 0.636. The highest BCUT2D eigenvalue weighted by atomic mass is 35.5. The van der Waals surface area contributed by atoms with Gasteiger partial charge in [-0.1, -0.05) is 38.5 Å². The summed E-state index contributed by atoms with van der Waals surface area (Å²) < 4.78 is 0. The Morgan fingerprint density at radius 2 is 1.75 bits per heavy atom. The molecule has 0 bridgehead atoms. The molecule has 1 aromatic carbocycles. The lowest BCUT2D eigenvalue weighted by molar-refractivity contribution is -0.135. The van der Waals surface area contributed by atoms with Crippen LogP contribution in [0, 0.1) is 11.8 Å². The first-order chi connectivity index (χ1) is 13.1. The van der Waals surface area contributed by atoms with Gasteiger partial charge in [-0.05, 0) is 56.2 Å². The molecule has 1 saturated carbocycles. The molecule has 2 fully saturated rings. The molecule has 2 N–H and O–H groups in total. The second-order valence-corrected chi connectivity index (χ2v) is 8.15. The first kappa shape index (κ1) is 22.7. The van der Waals surface area contributed by atoms with Gasteiger partial charge in [0.2, 0.25) is 5.91 Å². The van der Waals surface area contributed by atoms with Crippen molar-refractivity contribution in [2.45, 2.75) is 58.0 Å². The number of benzene rings is 1. The monoisotopic (exact) mass is 407 g/mol. The molecule has 1 saturated heterocycles. The van der Waals surface area contributed by atoms with Crippen molar-refractivity contribution in [1.82, 2.24) is 15.5 Å². The lowest BCUT2D eigenvalue weighted by Crippen LogP contribution is -2.54. The fourth-order valence-corrected chi connectivity index (χ4v) is 3.65. The Morgan fingerprint density at radius 3 is 2.32 bits per heavy atom. The molecule has 3 rings (SSSR count). The van der Waals surface area contributed by atoms with Crippen LogP contribution in [0.15, 0.2) is 30.3 Å². The Bertz CT molecular complexity index is 628. The average Bonchev–Trinajstić information content (AvgIpc) is 3.55. The van der Waals surface area contributed by atoms with Gasteiger partial charge in [0.05, 0.1) is 0 Å². The summed E-state index contributed by atoms with van der Waals surface area (Å²) in [6.45, 7) is 6.78. The molecule has 1 aliphatic carbocycles. The van der Waals surface area contributed by atoms with E-state index in [-0.39, 0.29) is 30.1 Å². The summed E-state index contributed by atoms with van der Waals surface area (Å²) in [5.41, 5.74) is 0.599. The standard InChI is InChI=1S/C22H33N3O2.ClH/c1-3-16(2)20(24-21(26)18-7-5-4-6-8-18)22(27)25-13-11-19(12-14-25)23-15-17-9-10-17;/h4-8,16-17,19-20,23H,3,9-15H2,1-2H3,(H,24,26);1H. The van der Waals surface area contributed by atoms with Crippen LogP contribution in [0.4, 0.5) is 0 Å². The van der Waals surface area contributed by atoms with E-state index in [0.29, 0.717) is 11.6 Å². The van der Waals surface area contributed by atoms with Gasteiger partial charge in [0.1, 0.15) is 6.04 Å². The van der Waals surface area contributed by atoms with Crippen LogP contribution in [0.5, 0.6) is 0 Å². The van der Waals surface area contributed by atoms with Crippen molar-refractivity contribution in [1.29, 1.82) is 0 Å². The van der Waals surface area contributed by atoms with E-state index in [0.717, 1.165) is 44.8 Å². The highest BCUT2D eigenvalue weighted by Crippen LogP contribution is 2.28. The van der Waals surface area contributed by atoms with Crippen LogP contribution in [0.3, 0.4) is 0 Å². The molecule has 1 aromatic rings. The Kier molecular flexibility index (Phi) is 8.77. The molecule has 2 aliphatic rings. The van der Waals surface area contributed by atoms with Crippen LogP contribution in [-0.2, 0) is 4.79 Å². The Morgan fingerprint density at radius 1 is 1.11 bits per heavy atom. The second-order valence-electron chi connectivity index (χ2n) is 8.15. The topological polar surface area (TPSA) is 61.4 Å². The minimum absolute atomic E-state index is 0. The van der Waals surface area contributed by atoms with Crippen molar-refractivity contribution in [2.75, 3.05) is 19.6 Å². The third-order valence-electron chi connectivity index (χ3n) is 6.00. The zero-order valence-corrected chi connectivity index (χ0v) is 17.8. The number of piperidine rings is 1. The molecule has 2 atom stereocenters. The number of amides is 2. The summed E-state index contributed by atoms with van der Waals surface area (Å²) in [4.78, 5) is 27.7. The third kappa shape index (κ3) is 6.21. The van der Waals surface area contributed by atoms with Crippen LogP contribution in [0.2, 0.25) is 0 Å². The van der Waals surface area contributed by atoms with Gasteiger partial charge in [-0.25, -0.2) is 0 Å². The van der Waals surface area contributed by atoms with Crippen LogP contribution < -0.4 is 10.6 Å². The van der Waals surface area contributed by atoms with Gasteiger partial charge in [0.15, 0.2) is 0 Å². The molecule has 28 heavy (non-hydrogen) atoms. The van der Waals surface area contributed by atoms with E-state index >= 15 is 0 Å².